The highest BCUT2D eigenvalue weighted by Gasteiger charge is 2.55. The van der Waals surface area contributed by atoms with E-state index in [9.17, 15) is 33.9 Å². The predicted octanol–water partition coefficient (Wildman–Crippen LogP) is 2.75. The van der Waals surface area contributed by atoms with Crippen molar-refractivity contribution < 1.29 is 52.9 Å². The number of thiazole rings is 1. The van der Waals surface area contributed by atoms with Crippen LogP contribution in [0.2, 0.25) is 0 Å². The smallest absolute Gasteiger partial charge is 0.413 e. The van der Waals surface area contributed by atoms with Gasteiger partial charge in [-0.1, -0.05) is 5.16 Å². The molecule has 22 heteroatoms. The number of alkyl carbamates (subject to hydrolysis) is 1. The fourth-order valence-electron chi connectivity index (χ4n) is 4.80. The number of carbonyl (C=O) groups is 6. The molecule has 2 atom stereocenters. The van der Waals surface area contributed by atoms with E-state index in [1.54, 1.807) is 62.3 Å². The van der Waals surface area contributed by atoms with Crippen LogP contribution in [0.3, 0.4) is 0 Å². The Morgan fingerprint density at radius 3 is 2.25 bits per heavy atom. The first-order chi connectivity index (χ1) is 25.9. The number of nitrogens with one attached hydrogen (secondary N) is 4. The lowest BCUT2D eigenvalue weighted by atomic mass is 9.98. The van der Waals surface area contributed by atoms with Crippen LogP contribution < -0.4 is 21.3 Å². The third kappa shape index (κ3) is 13.0. The van der Waals surface area contributed by atoms with Crippen LogP contribution in [0.25, 0.3) is 0 Å². The second-order valence-electron chi connectivity index (χ2n) is 16.1. The molecule has 0 unspecified atom stereocenters. The maximum Gasteiger partial charge on any atom is 0.413 e. The van der Waals surface area contributed by atoms with E-state index in [1.165, 1.54) is 21.3 Å². The molecule has 2 aromatic rings. The van der Waals surface area contributed by atoms with Crippen LogP contribution in [0.1, 0.15) is 93.0 Å². The Bertz CT molecular complexity index is 1820. The summed E-state index contributed by atoms with van der Waals surface area (Å²) in [6.07, 6.45) is 0.241. The van der Waals surface area contributed by atoms with Gasteiger partial charge in [0.15, 0.2) is 10.8 Å². The van der Waals surface area contributed by atoms with E-state index < -0.39 is 76.3 Å². The van der Waals surface area contributed by atoms with Crippen molar-refractivity contribution in [1.82, 2.24) is 40.8 Å². The van der Waals surface area contributed by atoms with Crippen LogP contribution in [-0.4, -0.2) is 119 Å². The summed E-state index contributed by atoms with van der Waals surface area (Å²) in [5.41, 5.74) is -3.87. The number of carbonyl (C=O) groups excluding carboxylic acids is 5. The van der Waals surface area contributed by atoms with Gasteiger partial charge in [-0.05, 0) is 68.7 Å². The van der Waals surface area contributed by atoms with Crippen molar-refractivity contribution in [3.05, 3.63) is 23.0 Å². The van der Waals surface area contributed by atoms with E-state index in [-0.39, 0.29) is 49.8 Å². The topological polar surface area (TPSA) is 267 Å². The number of anilines is 1. The lowest BCUT2D eigenvalue weighted by molar-refractivity contribution is -0.153. The molecule has 2 aromatic heterocycles. The molecule has 0 aromatic carbocycles. The van der Waals surface area contributed by atoms with E-state index in [0.717, 1.165) is 11.3 Å². The molecule has 1 aliphatic carbocycles. The van der Waals surface area contributed by atoms with Crippen LogP contribution in [0.4, 0.5) is 19.5 Å². The number of β-lactam (4-membered cyclic amide) rings is 1. The van der Waals surface area contributed by atoms with E-state index >= 15 is 0 Å². The number of hydrogen-bond acceptors (Lipinski definition) is 15. The third-order valence-electron chi connectivity index (χ3n) is 7.50. The third-order valence-corrected chi connectivity index (χ3v) is 8.25. The van der Waals surface area contributed by atoms with Crippen molar-refractivity contribution in [3.63, 3.8) is 0 Å². The van der Waals surface area contributed by atoms with Gasteiger partial charge in [-0.2, -0.15) is 15.0 Å². The highest BCUT2D eigenvalue weighted by Crippen LogP contribution is 2.40. The Morgan fingerprint density at radius 2 is 1.66 bits per heavy atom. The van der Waals surface area contributed by atoms with Crippen LogP contribution in [0.15, 0.2) is 16.7 Å². The number of nitrogens with zero attached hydrogens (tertiary/aromatic N) is 6. The van der Waals surface area contributed by atoms with E-state index in [2.05, 4.69) is 41.6 Å². The lowest BCUT2D eigenvalue weighted by Crippen LogP contribution is -2.70. The van der Waals surface area contributed by atoms with Gasteiger partial charge in [0.2, 0.25) is 11.5 Å². The first kappa shape index (κ1) is 43.2. The fraction of sp³-hybridized carbons (Fsp3) is 0.647. The normalized spacial score (nSPS) is 17.7. The van der Waals surface area contributed by atoms with Gasteiger partial charge in [-0.15, -0.1) is 11.3 Å². The Hall–Kier alpha value is -5.54. The van der Waals surface area contributed by atoms with E-state index in [0.29, 0.717) is 12.1 Å². The first-order valence-electron chi connectivity index (χ1n) is 17.8. The van der Waals surface area contributed by atoms with Crippen LogP contribution >= 0.6 is 11.3 Å². The number of aliphatic carboxylic acids is 1. The number of carboxylic acid groups (broad SMARTS) is 1. The Kier molecular flexibility index (Phi) is 13.2. The minimum atomic E-state index is -1.59. The molecule has 308 valence electrons. The molecule has 1 saturated carbocycles. The Labute approximate surface area is 327 Å². The van der Waals surface area contributed by atoms with Crippen molar-refractivity contribution in [1.29, 1.82) is 0 Å². The number of oxime groups is 1. The summed E-state index contributed by atoms with van der Waals surface area (Å²) < 4.78 is 16.1. The molecule has 4 rings (SSSR count). The molecule has 2 aliphatic rings. The lowest BCUT2D eigenvalue weighted by Gasteiger charge is -2.36. The highest BCUT2D eigenvalue weighted by molar-refractivity contribution is 7.14. The zero-order chi connectivity index (χ0) is 41.6. The zero-order valence-electron chi connectivity index (χ0n) is 32.9. The number of carboxylic acids is 1. The number of aromatic nitrogens is 4. The summed E-state index contributed by atoms with van der Waals surface area (Å²) >= 11 is 0.956. The number of amides is 5. The van der Waals surface area contributed by atoms with Gasteiger partial charge < -0.3 is 45.0 Å². The van der Waals surface area contributed by atoms with E-state index in [4.69, 9.17) is 19.0 Å². The van der Waals surface area contributed by atoms with Crippen molar-refractivity contribution in [2.75, 3.05) is 18.4 Å². The number of hydrogen-bond donors (Lipinski definition) is 5. The molecule has 21 nitrogen and oxygen atoms in total. The Morgan fingerprint density at radius 1 is 1.02 bits per heavy atom. The van der Waals surface area contributed by atoms with Gasteiger partial charge in [-0.25, -0.2) is 24.2 Å². The molecule has 56 heavy (non-hydrogen) atoms. The first-order valence-corrected chi connectivity index (χ1v) is 18.7. The fourth-order valence-corrected chi connectivity index (χ4v) is 5.48. The Balaban J connectivity index is 1.41. The second kappa shape index (κ2) is 17.1. The zero-order valence-corrected chi connectivity index (χ0v) is 33.7. The standard InChI is InChI=1S/C34H50N10O11S/c1-31(2,3)52-28(49)35-13-10-14-43(30(51)54-33(7,8)9)16-19-15-36-44(41-19)17-20-22(24(45)37-20)39-25(46)23(42-55-34(11-12-34)26(47)48)21-18-56-27(38-21)40-29(50)53-32(4,5)6/h15,18,20,22H,10-14,16-17H2,1-9H3,(H,35,49)(H,37,45)(H,39,46)(H,47,48)(H,38,40,50)/b42-23-/t20-,22+/m1/s1. The largest absolute Gasteiger partial charge is 0.478 e. The van der Waals surface area contributed by atoms with Gasteiger partial charge in [-0.3, -0.25) is 14.9 Å². The summed E-state index contributed by atoms with van der Waals surface area (Å²) in [7, 11) is 0. The molecular formula is C34H50N10O11S. The van der Waals surface area contributed by atoms with Gasteiger partial charge >= 0.3 is 24.2 Å². The predicted molar refractivity (Wildman–Crippen MR) is 199 cm³/mol. The summed E-state index contributed by atoms with van der Waals surface area (Å²) in [6.45, 7) is 16.0. The molecule has 0 bridgehead atoms. The van der Waals surface area contributed by atoms with Crippen molar-refractivity contribution >= 4 is 58.2 Å². The van der Waals surface area contributed by atoms with Gasteiger partial charge in [0, 0.05) is 31.3 Å². The average molecular weight is 807 g/mol. The minimum absolute atomic E-state index is 0.0224. The molecule has 0 spiro atoms. The van der Waals surface area contributed by atoms with Crippen molar-refractivity contribution in [2.24, 2.45) is 5.16 Å². The quantitative estimate of drug-likeness (QED) is 0.0570. The monoisotopic (exact) mass is 806 g/mol. The van der Waals surface area contributed by atoms with Gasteiger partial charge in [0.1, 0.15) is 34.2 Å². The maximum atomic E-state index is 13.6. The minimum Gasteiger partial charge on any atom is -0.478 e. The highest BCUT2D eigenvalue weighted by atomic mass is 32.1. The van der Waals surface area contributed by atoms with Crippen LogP contribution in [0, 0.1) is 0 Å². The van der Waals surface area contributed by atoms with Crippen LogP contribution in [0.5, 0.6) is 0 Å². The maximum absolute atomic E-state index is 13.6. The number of rotatable bonds is 15. The average Bonchev–Trinajstić information content (AvgIpc) is 3.49. The van der Waals surface area contributed by atoms with Gasteiger partial charge in [0.25, 0.3) is 5.91 Å². The molecule has 2 fully saturated rings. The summed E-state index contributed by atoms with van der Waals surface area (Å²) in [5, 5.41) is 34.0. The van der Waals surface area contributed by atoms with Gasteiger partial charge in [0.05, 0.1) is 25.3 Å². The van der Waals surface area contributed by atoms with E-state index in [1.807, 2.05) is 0 Å². The van der Waals surface area contributed by atoms with Crippen molar-refractivity contribution in [3.8, 4) is 0 Å². The summed E-state index contributed by atoms with van der Waals surface area (Å²) in [6, 6.07) is -1.76. The molecule has 1 aliphatic heterocycles. The molecule has 5 N–H and O–H groups in total. The SMILES string of the molecule is CC(C)(C)OC(=O)NCCCN(Cc1cnn(C[C@H]2NC(=O)[C@H]2NC(=O)/C(=N\OC2(C(=O)O)CC2)c2csc(NC(=O)OC(C)(C)C)n2)n1)C(=O)OC(C)(C)C. The van der Waals surface area contributed by atoms with Crippen LogP contribution in [-0.2, 0) is 46.5 Å². The molecular weight excluding hydrogens is 756 g/mol. The van der Waals surface area contributed by atoms with Crippen molar-refractivity contribution in [2.45, 2.75) is 129 Å². The molecule has 3 heterocycles. The summed E-state index contributed by atoms with van der Waals surface area (Å²) in [5.74, 6) is -2.66. The molecule has 0 radical (unpaired) electrons. The molecule has 5 amide bonds. The molecule has 1 saturated heterocycles. The second-order valence-corrected chi connectivity index (χ2v) is 17.0. The summed E-state index contributed by atoms with van der Waals surface area (Å²) in [4.78, 5) is 87.6. The number of ether oxygens (including phenoxy) is 3.